The van der Waals surface area contributed by atoms with E-state index in [1.807, 2.05) is 0 Å². The third-order valence-corrected chi connectivity index (χ3v) is 4.29. The summed E-state index contributed by atoms with van der Waals surface area (Å²) in [5, 5.41) is 4.91. The Morgan fingerprint density at radius 2 is 2.12 bits per heavy atom. The number of hydrogen-bond acceptors (Lipinski definition) is 1. The van der Waals surface area contributed by atoms with Crippen molar-refractivity contribution in [3.8, 4) is 0 Å². The molecular weight excluding hydrogens is 276 g/mol. The number of aromatic amines is 1. The molecule has 1 saturated carbocycles. The Kier molecular flexibility index (Phi) is 3.21. The summed E-state index contributed by atoms with van der Waals surface area (Å²) >= 11 is 3.59. The predicted octanol–water partition coefficient (Wildman–Crippen LogP) is 3.96. The Morgan fingerprint density at radius 3 is 2.88 bits per heavy atom. The largest absolute Gasteiger partial charge is 0.357 e. The van der Waals surface area contributed by atoms with E-state index in [-0.39, 0.29) is 0 Å². The highest BCUT2D eigenvalue weighted by molar-refractivity contribution is 9.10. The van der Waals surface area contributed by atoms with Crippen molar-refractivity contribution < 1.29 is 0 Å². The molecule has 1 aliphatic rings. The summed E-state index contributed by atoms with van der Waals surface area (Å²) < 4.78 is 1.17. The molecule has 0 bridgehead atoms. The molecule has 3 rings (SSSR count). The lowest BCUT2D eigenvalue weighted by Crippen LogP contribution is -2.25. The molecule has 1 aromatic heterocycles. The van der Waals surface area contributed by atoms with Gasteiger partial charge in [-0.05, 0) is 31.0 Å². The minimum Gasteiger partial charge on any atom is -0.357 e. The number of aromatic nitrogens is 1. The summed E-state index contributed by atoms with van der Waals surface area (Å²) in [6.07, 6.45) is 5.44. The molecule has 90 valence electrons. The van der Waals surface area contributed by atoms with Gasteiger partial charge in [0.05, 0.1) is 0 Å². The predicted molar refractivity (Wildman–Crippen MR) is 75.1 cm³/mol. The van der Waals surface area contributed by atoms with Gasteiger partial charge in [0.25, 0.3) is 0 Å². The highest BCUT2D eigenvalue weighted by Crippen LogP contribution is 2.25. The summed E-state index contributed by atoms with van der Waals surface area (Å²) in [5.74, 6) is 0. The van der Waals surface area contributed by atoms with Crippen LogP contribution >= 0.6 is 15.9 Å². The number of hydrogen-bond donors (Lipinski definition) is 2. The van der Waals surface area contributed by atoms with E-state index in [1.54, 1.807) is 0 Å². The zero-order chi connectivity index (χ0) is 11.7. The molecule has 1 fully saturated rings. The smallest absolute Gasteiger partial charge is 0.0467 e. The third kappa shape index (κ3) is 2.40. The van der Waals surface area contributed by atoms with Gasteiger partial charge in [-0.25, -0.2) is 0 Å². The molecule has 0 spiro atoms. The van der Waals surface area contributed by atoms with Crippen LogP contribution in [0, 0.1) is 0 Å². The van der Waals surface area contributed by atoms with E-state index in [1.165, 1.54) is 46.8 Å². The summed E-state index contributed by atoms with van der Waals surface area (Å²) in [4.78, 5) is 3.47. The number of H-pyrrole nitrogens is 1. The second kappa shape index (κ2) is 4.83. The van der Waals surface area contributed by atoms with Gasteiger partial charge in [0, 0.05) is 33.7 Å². The number of rotatable bonds is 3. The Balaban J connectivity index is 1.74. The van der Waals surface area contributed by atoms with E-state index in [9.17, 15) is 0 Å². The minimum absolute atomic E-state index is 0.727. The Bertz CT molecular complexity index is 512. The molecular formula is C14H17BrN2. The number of fused-ring (bicyclic) bond motifs is 1. The average molecular weight is 293 g/mol. The van der Waals surface area contributed by atoms with Gasteiger partial charge in [-0.15, -0.1) is 0 Å². The Hall–Kier alpha value is -0.800. The van der Waals surface area contributed by atoms with Gasteiger partial charge in [-0.2, -0.15) is 0 Å². The van der Waals surface area contributed by atoms with Crippen molar-refractivity contribution in [3.63, 3.8) is 0 Å². The molecule has 17 heavy (non-hydrogen) atoms. The molecule has 0 atom stereocenters. The van der Waals surface area contributed by atoms with Crippen molar-refractivity contribution in [1.29, 1.82) is 0 Å². The van der Waals surface area contributed by atoms with Crippen molar-refractivity contribution in [2.24, 2.45) is 0 Å². The van der Waals surface area contributed by atoms with Crippen molar-refractivity contribution in [2.45, 2.75) is 38.3 Å². The molecule has 0 radical (unpaired) electrons. The van der Waals surface area contributed by atoms with Gasteiger partial charge in [0.1, 0.15) is 0 Å². The quantitative estimate of drug-likeness (QED) is 0.880. The van der Waals surface area contributed by atoms with Crippen LogP contribution in [0.1, 0.15) is 31.4 Å². The maximum Gasteiger partial charge on any atom is 0.0467 e. The third-order valence-electron chi connectivity index (χ3n) is 3.60. The molecule has 3 heteroatoms. The van der Waals surface area contributed by atoms with Crippen LogP contribution in [0.4, 0.5) is 0 Å². The molecule has 2 aromatic rings. The van der Waals surface area contributed by atoms with Crippen molar-refractivity contribution >= 4 is 26.8 Å². The first-order valence-electron chi connectivity index (χ1n) is 6.32. The molecule has 1 aromatic carbocycles. The lowest BCUT2D eigenvalue weighted by molar-refractivity contribution is 0.520. The van der Waals surface area contributed by atoms with E-state index in [4.69, 9.17) is 0 Å². The summed E-state index contributed by atoms with van der Waals surface area (Å²) in [7, 11) is 0. The molecule has 2 nitrogen and oxygen atoms in total. The first-order chi connectivity index (χ1) is 8.33. The zero-order valence-electron chi connectivity index (χ0n) is 9.80. The fourth-order valence-corrected chi connectivity index (χ4v) is 3.14. The summed E-state index contributed by atoms with van der Waals surface area (Å²) in [5.41, 5.74) is 2.49. The topological polar surface area (TPSA) is 27.8 Å². The van der Waals surface area contributed by atoms with Gasteiger partial charge in [-0.1, -0.05) is 34.8 Å². The monoisotopic (exact) mass is 292 g/mol. The van der Waals surface area contributed by atoms with Crippen LogP contribution in [-0.2, 0) is 6.54 Å². The number of nitrogens with one attached hydrogen (secondary N) is 2. The molecule has 1 aliphatic carbocycles. The second-order valence-electron chi connectivity index (χ2n) is 4.86. The van der Waals surface area contributed by atoms with E-state index in [2.05, 4.69) is 50.5 Å². The lowest BCUT2D eigenvalue weighted by Gasteiger charge is -2.10. The van der Waals surface area contributed by atoms with Crippen LogP contribution in [0.15, 0.2) is 28.7 Å². The molecule has 0 amide bonds. The molecule has 0 aliphatic heterocycles. The van der Waals surface area contributed by atoms with Crippen LogP contribution in [0.2, 0.25) is 0 Å². The normalized spacial score (nSPS) is 17.0. The van der Waals surface area contributed by atoms with Crippen LogP contribution in [0.3, 0.4) is 0 Å². The molecule has 1 heterocycles. The van der Waals surface area contributed by atoms with Gasteiger partial charge in [0.2, 0.25) is 0 Å². The van der Waals surface area contributed by atoms with Gasteiger partial charge in [0.15, 0.2) is 0 Å². The van der Waals surface area contributed by atoms with Gasteiger partial charge >= 0.3 is 0 Å². The molecule has 2 N–H and O–H groups in total. The van der Waals surface area contributed by atoms with Gasteiger partial charge < -0.3 is 10.3 Å². The zero-order valence-corrected chi connectivity index (χ0v) is 11.4. The number of halogens is 1. The van der Waals surface area contributed by atoms with E-state index in [0.29, 0.717) is 0 Å². The van der Waals surface area contributed by atoms with Crippen LogP contribution < -0.4 is 5.32 Å². The van der Waals surface area contributed by atoms with Crippen molar-refractivity contribution in [3.05, 3.63) is 34.4 Å². The number of benzene rings is 1. The van der Waals surface area contributed by atoms with Crippen LogP contribution in [0.5, 0.6) is 0 Å². The lowest BCUT2D eigenvalue weighted by atomic mass is 10.2. The maximum absolute atomic E-state index is 3.63. The first kappa shape index (κ1) is 11.3. The Labute approximate surface area is 110 Å². The van der Waals surface area contributed by atoms with Crippen molar-refractivity contribution in [2.75, 3.05) is 0 Å². The highest BCUT2D eigenvalue weighted by atomic mass is 79.9. The average Bonchev–Trinajstić information content (AvgIpc) is 2.95. The molecule has 0 saturated heterocycles. The van der Waals surface area contributed by atoms with Gasteiger partial charge in [-0.3, -0.25) is 0 Å². The summed E-state index contributed by atoms with van der Waals surface area (Å²) in [6, 6.07) is 9.24. The van der Waals surface area contributed by atoms with Crippen LogP contribution in [0.25, 0.3) is 10.9 Å². The highest BCUT2D eigenvalue weighted by Gasteiger charge is 2.14. The Morgan fingerprint density at radius 1 is 1.29 bits per heavy atom. The fourth-order valence-electron chi connectivity index (χ4n) is 2.66. The maximum atomic E-state index is 3.63. The van der Waals surface area contributed by atoms with Crippen LogP contribution in [-0.4, -0.2) is 11.0 Å². The minimum atomic E-state index is 0.727. The SMILES string of the molecule is Brc1cccc2[nH]c(CNC3CCCC3)cc12. The fraction of sp³-hybridized carbons (Fsp3) is 0.429. The van der Waals surface area contributed by atoms with Crippen molar-refractivity contribution in [1.82, 2.24) is 10.3 Å². The van der Waals surface area contributed by atoms with E-state index >= 15 is 0 Å². The second-order valence-corrected chi connectivity index (χ2v) is 5.71. The van der Waals surface area contributed by atoms with E-state index < -0.39 is 0 Å². The first-order valence-corrected chi connectivity index (χ1v) is 7.12. The molecule has 0 unspecified atom stereocenters. The standard InChI is InChI=1S/C14H17BrN2/c15-13-6-3-7-14-12(13)8-11(17-14)9-16-10-4-1-2-5-10/h3,6-8,10,16-17H,1-2,4-5,9H2. The van der Waals surface area contributed by atoms with E-state index in [0.717, 1.165) is 12.6 Å². The summed E-state index contributed by atoms with van der Waals surface area (Å²) in [6.45, 7) is 0.950.